The van der Waals surface area contributed by atoms with Gasteiger partial charge in [-0.2, -0.15) is 0 Å². The van der Waals surface area contributed by atoms with E-state index in [1.165, 1.54) is 0 Å². The second-order valence-corrected chi connectivity index (χ2v) is 2.89. The summed E-state index contributed by atoms with van der Waals surface area (Å²) in [4.78, 5) is 10.1. The van der Waals surface area contributed by atoms with Crippen molar-refractivity contribution in [3.8, 4) is 0 Å². The van der Waals surface area contributed by atoms with Gasteiger partial charge in [0.05, 0.1) is 0 Å². The molecule has 0 aliphatic carbocycles. The van der Waals surface area contributed by atoms with Crippen LogP contribution in [0.1, 0.15) is 33.1 Å². The molecule has 3 nitrogen and oxygen atoms in total. The van der Waals surface area contributed by atoms with Crippen LogP contribution >= 0.6 is 0 Å². The van der Waals surface area contributed by atoms with Crippen molar-refractivity contribution in [1.29, 1.82) is 0 Å². The summed E-state index contributed by atoms with van der Waals surface area (Å²) < 4.78 is 0. The van der Waals surface area contributed by atoms with Crippen molar-refractivity contribution in [2.45, 2.75) is 39.2 Å². The molecule has 0 spiro atoms. The molecule has 0 rings (SSSR count). The average molecular weight is 172 g/mol. The molecule has 0 aromatic heterocycles. The van der Waals surface area contributed by atoms with E-state index in [4.69, 9.17) is 0 Å². The van der Waals surface area contributed by atoms with E-state index in [0.717, 1.165) is 38.8 Å². The summed E-state index contributed by atoms with van der Waals surface area (Å²) in [5, 5.41) is 6.05. The molecular weight excluding hydrogens is 152 g/mol. The number of amides is 1. The maximum absolute atomic E-state index is 10.1. The molecule has 1 atom stereocenters. The zero-order chi connectivity index (χ0) is 9.23. The average Bonchev–Trinajstić information content (AvgIpc) is 2.10. The second kappa shape index (κ2) is 8.53. The van der Waals surface area contributed by atoms with E-state index >= 15 is 0 Å². The smallest absolute Gasteiger partial charge is 0.207 e. The molecule has 0 fully saturated rings. The van der Waals surface area contributed by atoms with Crippen LogP contribution in [0.25, 0.3) is 0 Å². The number of carbonyl (C=O) groups is 1. The van der Waals surface area contributed by atoms with Gasteiger partial charge in [0, 0.05) is 6.04 Å². The van der Waals surface area contributed by atoms with Crippen LogP contribution < -0.4 is 10.6 Å². The first-order valence-corrected chi connectivity index (χ1v) is 4.75. The maximum Gasteiger partial charge on any atom is 0.207 e. The van der Waals surface area contributed by atoms with Crippen LogP contribution in [0.2, 0.25) is 0 Å². The van der Waals surface area contributed by atoms with Crippen molar-refractivity contribution in [2.75, 3.05) is 13.1 Å². The van der Waals surface area contributed by atoms with Crippen molar-refractivity contribution in [3.05, 3.63) is 0 Å². The third-order valence-electron chi connectivity index (χ3n) is 1.95. The van der Waals surface area contributed by atoms with Crippen LogP contribution in [0.4, 0.5) is 0 Å². The van der Waals surface area contributed by atoms with Gasteiger partial charge in [0.1, 0.15) is 0 Å². The van der Waals surface area contributed by atoms with E-state index in [9.17, 15) is 4.79 Å². The SMILES string of the molecule is CCNCCCC(CC)NC=O. The number of nitrogens with one attached hydrogen (secondary N) is 2. The first-order valence-electron chi connectivity index (χ1n) is 4.75. The van der Waals surface area contributed by atoms with Crippen molar-refractivity contribution < 1.29 is 4.79 Å². The zero-order valence-corrected chi connectivity index (χ0v) is 8.10. The molecule has 0 aromatic rings. The van der Waals surface area contributed by atoms with Gasteiger partial charge >= 0.3 is 0 Å². The Labute approximate surface area is 74.9 Å². The molecule has 72 valence electrons. The quantitative estimate of drug-likeness (QED) is 0.422. The highest BCUT2D eigenvalue weighted by Gasteiger charge is 2.02. The molecular formula is C9H20N2O. The highest BCUT2D eigenvalue weighted by atomic mass is 16.1. The Balaban J connectivity index is 3.25. The summed E-state index contributed by atoms with van der Waals surface area (Å²) in [6.07, 6.45) is 4.02. The fourth-order valence-electron chi connectivity index (χ4n) is 1.15. The van der Waals surface area contributed by atoms with Crippen molar-refractivity contribution in [3.63, 3.8) is 0 Å². The lowest BCUT2D eigenvalue weighted by molar-refractivity contribution is -0.110. The van der Waals surface area contributed by atoms with E-state index in [1.54, 1.807) is 0 Å². The predicted octanol–water partition coefficient (Wildman–Crippen LogP) is 0.901. The minimum absolute atomic E-state index is 0.362. The summed E-state index contributed by atoms with van der Waals surface area (Å²) in [5.74, 6) is 0. The van der Waals surface area contributed by atoms with Gasteiger partial charge in [-0.3, -0.25) is 4.79 Å². The Kier molecular flexibility index (Phi) is 8.12. The summed E-state index contributed by atoms with van der Waals surface area (Å²) >= 11 is 0. The second-order valence-electron chi connectivity index (χ2n) is 2.89. The van der Waals surface area contributed by atoms with Crippen LogP contribution in [0.5, 0.6) is 0 Å². The molecule has 0 bridgehead atoms. The summed E-state index contributed by atoms with van der Waals surface area (Å²) in [6.45, 7) is 6.26. The first kappa shape index (κ1) is 11.4. The predicted molar refractivity (Wildman–Crippen MR) is 51.1 cm³/mol. The lowest BCUT2D eigenvalue weighted by Gasteiger charge is -2.12. The molecule has 0 heterocycles. The van der Waals surface area contributed by atoms with Crippen LogP contribution in [-0.4, -0.2) is 25.5 Å². The molecule has 0 aliphatic rings. The molecule has 3 heteroatoms. The number of hydrogen-bond donors (Lipinski definition) is 2. The number of rotatable bonds is 8. The Morgan fingerprint density at radius 1 is 1.42 bits per heavy atom. The minimum Gasteiger partial charge on any atom is -0.356 e. The van der Waals surface area contributed by atoms with Gasteiger partial charge in [-0.25, -0.2) is 0 Å². The Bertz CT molecular complexity index is 107. The molecule has 1 unspecified atom stereocenters. The monoisotopic (exact) mass is 172 g/mol. The summed E-state index contributed by atoms with van der Waals surface area (Å²) in [5.41, 5.74) is 0. The normalized spacial score (nSPS) is 12.5. The van der Waals surface area contributed by atoms with E-state index in [2.05, 4.69) is 24.5 Å². The number of hydrogen-bond acceptors (Lipinski definition) is 2. The van der Waals surface area contributed by atoms with Crippen molar-refractivity contribution >= 4 is 6.41 Å². The maximum atomic E-state index is 10.1. The fraction of sp³-hybridized carbons (Fsp3) is 0.889. The Morgan fingerprint density at radius 3 is 2.67 bits per heavy atom. The standard InChI is InChI=1S/C9H20N2O/c1-3-9(11-8-12)6-5-7-10-4-2/h8-10H,3-7H2,1-2H3,(H,11,12). The molecule has 2 N–H and O–H groups in total. The van der Waals surface area contributed by atoms with Gasteiger partial charge in [-0.1, -0.05) is 13.8 Å². The fourth-order valence-corrected chi connectivity index (χ4v) is 1.15. The molecule has 0 saturated carbocycles. The molecule has 0 aliphatic heterocycles. The molecule has 0 radical (unpaired) electrons. The highest BCUT2D eigenvalue weighted by Crippen LogP contribution is 1.99. The van der Waals surface area contributed by atoms with Crippen molar-refractivity contribution in [2.24, 2.45) is 0 Å². The first-order chi connectivity index (χ1) is 5.85. The third kappa shape index (κ3) is 6.16. The minimum atomic E-state index is 0.362. The van der Waals surface area contributed by atoms with E-state index < -0.39 is 0 Å². The highest BCUT2D eigenvalue weighted by molar-refractivity contribution is 5.46. The Hall–Kier alpha value is -0.570. The van der Waals surface area contributed by atoms with Crippen LogP contribution in [0.3, 0.4) is 0 Å². The lowest BCUT2D eigenvalue weighted by atomic mass is 10.1. The zero-order valence-electron chi connectivity index (χ0n) is 8.10. The van der Waals surface area contributed by atoms with Gasteiger partial charge in [-0.05, 0) is 32.4 Å². The molecule has 0 aromatic carbocycles. The van der Waals surface area contributed by atoms with Gasteiger partial charge in [0.25, 0.3) is 0 Å². The summed E-state index contributed by atoms with van der Waals surface area (Å²) in [7, 11) is 0. The van der Waals surface area contributed by atoms with Gasteiger partial charge in [-0.15, -0.1) is 0 Å². The van der Waals surface area contributed by atoms with E-state index in [1.807, 2.05) is 0 Å². The van der Waals surface area contributed by atoms with Crippen LogP contribution in [0, 0.1) is 0 Å². The van der Waals surface area contributed by atoms with Gasteiger partial charge in [0.15, 0.2) is 0 Å². The number of carbonyl (C=O) groups excluding carboxylic acids is 1. The largest absolute Gasteiger partial charge is 0.356 e. The summed E-state index contributed by atoms with van der Waals surface area (Å²) in [6, 6.07) is 0.362. The van der Waals surface area contributed by atoms with Gasteiger partial charge < -0.3 is 10.6 Å². The third-order valence-corrected chi connectivity index (χ3v) is 1.95. The van der Waals surface area contributed by atoms with Crippen LogP contribution in [0.15, 0.2) is 0 Å². The van der Waals surface area contributed by atoms with Crippen LogP contribution in [-0.2, 0) is 4.79 Å². The van der Waals surface area contributed by atoms with Crippen molar-refractivity contribution in [1.82, 2.24) is 10.6 Å². The van der Waals surface area contributed by atoms with E-state index in [-0.39, 0.29) is 0 Å². The Morgan fingerprint density at radius 2 is 2.17 bits per heavy atom. The molecule has 12 heavy (non-hydrogen) atoms. The van der Waals surface area contributed by atoms with Gasteiger partial charge in [0.2, 0.25) is 6.41 Å². The molecule has 1 amide bonds. The lowest BCUT2D eigenvalue weighted by Crippen LogP contribution is -2.28. The van der Waals surface area contributed by atoms with E-state index in [0.29, 0.717) is 6.04 Å². The molecule has 0 saturated heterocycles. The topological polar surface area (TPSA) is 41.1 Å².